The molecule has 0 spiro atoms. The maximum atomic E-state index is 5.85. The normalized spacial score (nSPS) is 18.3. The summed E-state index contributed by atoms with van der Waals surface area (Å²) in [5.41, 5.74) is 6.64. The zero-order chi connectivity index (χ0) is 16.1. The van der Waals surface area contributed by atoms with Crippen molar-refractivity contribution in [3.63, 3.8) is 0 Å². The first-order valence-electron chi connectivity index (χ1n) is 7.44. The molecule has 0 amide bonds. The quantitative estimate of drug-likeness (QED) is 0.640. The number of rotatable bonds is 5. The Morgan fingerprint density at radius 2 is 2.22 bits per heavy atom. The van der Waals surface area contributed by atoms with Gasteiger partial charge in [-0.2, -0.15) is 4.98 Å². The van der Waals surface area contributed by atoms with Gasteiger partial charge in [0.2, 0.25) is 11.7 Å². The molecule has 1 aliphatic heterocycles. The highest BCUT2D eigenvalue weighted by Gasteiger charge is 2.15. The third-order valence-electron chi connectivity index (χ3n) is 3.49. The number of guanidine groups is 1. The minimum atomic E-state index is 0.212. The maximum Gasteiger partial charge on any atom is 0.248 e. The van der Waals surface area contributed by atoms with Gasteiger partial charge in [0, 0.05) is 23.7 Å². The van der Waals surface area contributed by atoms with Crippen LogP contribution >= 0.6 is 11.6 Å². The summed E-state index contributed by atoms with van der Waals surface area (Å²) in [4.78, 5) is 8.47. The van der Waals surface area contributed by atoms with E-state index in [1.54, 1.807) is 12.1 Å². The van der Waals surface area contributed by atoms with E-state index in [9.17, 15) is 0 Å². The SMILES string of the molecule is NC(=NCc1nc(-c2ccc(Cl)cc2)no1)NCC1CCCO1. The number of nitrogens with one attached hydrogen (secondary N) is 1. The standard InChI is InChI=1S/C15H18ClN5O2/c16-11-5-3-10(4-6-11)14-20-13(23-21-14)9-19-15(17)18-8-12-2-1-7-22-12/h3-6,12H,1-2,7-9H2,(H3,17,18,19). The van der Waals surface area contributed by atoms with Crippen LogP contribution in [-0.2, 0) is 11.3 Å². The number of benzene rings is 1. The first-order valence-corrected chi connectivity index (χ1v) is 7.82. The Balaban J connectivity index is 1.53. The van der Waals surface area contributed by atoms with Crippen LogP contribution in [0.3, 0.4) is 0 Å². The highest BCUT2D eigenvalue weighted by Crippen LogP contribution is 2.18. The molecular weight excluding hydrogens is 318 g/mol. The lowest BCUT2D eigenvalue weighted by molar-refractivity contribution is 0.114. The Kier molecular flexibility index (Phi) is 5.09. The fraction of sp³-hybridized carbons (Fsp3) is 0.400. The van der Waals surface area contributed by atoms with Crippen molar-refractivity contribution >= 4 is 17.6 Å². The summed E-state index contributed by atoms with van der Waals surface area (Å²) in [6, 6.07) is 7.21. The highest BCUT2D eigenvalue weighted by molar-refractivity contribution is 6.30. The van der Waals surface area contributed by atoms with E-state index in [0.717, 1.165) is 25.0 Å². The summed E-state index contributed by atoms with van der Waals surface area (Å²) in [6.07, 6.45) is 2.36. The summed E-state index contributed by atoms with van der Waals surface area (Å²) < 4.78 is 10.7. The zero-order valence-corrected chi connectivity index (χ0v) is 13.3. The molecule has 0 aliphatic carbocycles. The number of nitrogens with zero attached hydrogens (tertiary/aromatic N) is 3. The number of nitrogens with two attached hydrogens (primary N) is 1. The van der Waals surface area contributed by atoms with E-state index >= 15 is 0 Å². The molecule has 1 atom stereocenters. The van der Waals surface area contributed by atoms with E-state index in [-0.39, 0.29) is 12.6 Å². The molecule has 1 aromatic carbocycles. The van der Waals surface area contributed by atoms with Gasteiger partial charge >= 0.3 is 0 Å². The molecule has 1 saturated heterocycles. The third kappa shape index (κ3) is 4.43. The molecule has 1 unspecified atom stereocenters. The number of hydrogen-bond donors (Lipinski definition) is 2. The zero-order valence-electron chi connectivity index (χ0n) is 12.5. The van der Waals surface area contributed by atoms with Crippen LogP contribution in [0.1, 0.15) is 18.7 Å². The number of aliphatic imine (C=N–C) groups is 1. The number of ether oxygens (including phenoxy) is 1. The Labute approximate surface area is 138 Å². The fourth-order valence-electron chi connectivity index (χ4n) is 2.27. The van der Waals surface area contributed by atoms with Gasteiger partial charge in [0.1, 0.15) is 6.54 Å². The third-order valence-corrected chi connectivity index (χ3v) is 3.74. The summed E-state index contributed by atoms with van der Waals surface area (Å²) in [5.74, 6) is 1.24. The van der Waals surface area contributed by atoms with Crippen molar-refractivity contribution < 1.29 is 9.26 Å². The molecule has 1 aromatic heterocycles. The molecule has 3 rings (SSSR count). The average molecular weight is 336 g/mol. The van der Waals surface area contributed by atoms with Crippen LogP contribution in [0.4, 0.5) is 0 Å². The number of aromatic nitrogens is 2. The lowest BCUT2D eigenvalue weighted by Gasteiger charge is -2.10. The van der Waals surface area contributed by atoms with Crippen LogP contribution in [0.2, 0.25) is 5.02 Å². The van der Waals surface area contributed by atoms with E-state index in [2.05, 4.69) is 20.4 Å². The highest BCUT2D eigenvalue weighted by atomic mass is 35.5. The van der Waals surface area contributed by atoms with Crippen molar-refractivity contribution in [3.8, 4) is 11.4 Å². The molecule has 2 heterocycles. The van der Waals surface area contributed by atoms with Gasteiger partial charge in [0.25, 0.3) is 0 Å². The minimum Gasteiger partial charge on any atom is -0.376 e. The van der Waals surface area contributed by atoms with E-state index in [4.69, 9.17) is 26.6 Å². The second-order valence-corrected chi connectivity index (χ2v) is 5.67. The Hall–Kier alpha value is -2.12. The first kappa shape index (κ1) is 15.8. The Morgan fingerprint density at radius 3 is 2.96 bits per heavy atom. The monoisotopic (exact) mass is 335 g/mol. The predicted molar refractivity (Wildman–Crippen MR) is 87.0 cm³/mol. The second kappa shape index (κ2) is 7.43. The lowest BCUT2D eigenvalue weighted by atomic mass is 10.2. The summed E-state index contributed by atoms with van der Waals surface area (Å²) in [7, 11) is 0. The van der Waals surface area contributed by atoms with Gasteiger partial charge in [-0.15, -0.1) is 0 Å². The Bertz CT molecular complexity index is 665. The van der Waals surface area contributed by atoms with Crippen LogP contribution in [-0.4, -0.2) is 35.4 Å². The van der Waals surface area contributed by atoms with Crippen molar-refractivity contribution in [1.29, 1.82) is 0 Å². The molecular formula is C15H18ClN5O2. The summed E-state index contributed by atoms with van der Waals surface area (Å²) >= 11 is 5.85. The smallest absolute Gasteiger partial charge is 0.248 e. The molecule has 23 heavy (non-hydrogen) atoms. The van der Waals surface area contributed by atoms with E-state index < -0.39 is 0 Å². The number of halogens is 1. The van der Waals surface area contributed by atoms with Gasteiger partial charge in [0.15, 0.2) is 5.96 Å². The number of hydrogen-bond acceptors (Lipinski definition) is 5. The fourth-order valence-corrected chi connectivity index (χ4v) is 2.39. The maximum absolute atomic E-state index is 5.85. The van der Waals surface area contributed by atoms with Gasteiger partial charge in [0.05, 0.1) is 6.10 Å². The summed E-state index contributed by atoms with van der Waals surface area (Å²) in [6.45, 7) is 1.71. The molecule has 1 fully saturated rings. The largest absolute Gasteiger partial charge is 0.376 e. The molecule has 8 heteroatoms. The molecule has 7 nitrogen and oxygen atoms in total. The van der Waals surface area contributed by atoms with Gasteiger partial charge in [-0.25, -0.2) is 4.99 Å². The van der Waals surface area contributed by atoms with E-state index in [1.165, 1.54) is 0 Å². The van der Waals surface area contributed by atoms with Gasteiger partial charge in [-0.05, 0) is 37.1 Å². The van der Waals surface area contributed by atoms with E-state index in [1.807, 2.05) is 12.1 Å². The van der Waals surface area contributed by atoms with Crippen LogP contribution in [0.5, 0.6) is 0 Å². The Morgan fingerprint density at radius 1 is 1.39 bits per heavy atom. The average Bonchev–Trinajstić information content (AvgIpc) is 3.23. The predicted octanol–water partition coefficient (Wildman–Crippen LogP) is 1.97. The molecule has 3 N–H and O–H groups in total. The van der Waals surface area contributed by atoms with Crippen molar-refractivity contribution in [3.05, 3.63) is 35.2 Å². The molecule has 0 bridgehead atoms. The van der Waals surface area contributed by atoms with Gasteiger partial charge in [-0.1, -0.05) is 16.8 Å². The van der Waals surface area contributed by atoms with Gasteiger partial charge in [-0.3, -0.25) is 0 Å². The van der Waals surface area contributed by atoms with Crippen LogP contribution < -0.4 is 11.1 Å². The molecule has 122 valence electrons. The molecule has 2 aromatic rings. The lowest BCUT2D eigenvalue weighted by Crippen LogP contribution is -2.37. The van der Waals surface area contributed by atoms with Crippen LogP contribution in [0, 0.1) is 0 Å². The van der Waals surface area contributed by atoms with Crippen LogP contribution in [0.25, 0.3) is 11.4 Å². The van der Waals surface area contributed by atoms with E-state index in [0.29, 0.717) is 29.2 Å². The van der Waals surface area contributed by atoms with Crippen LogP contribution in [0.15, 0.2) is 33.8 Å². The van der Waals surface area contributed by atoms with Crippen molar-refractivity contribution in [1.82, 2.24) is 15.5 Å². The van der Waals surface area contributed by atoms with Crippen molar-refractivity contribution in [2.75, 3.05) is 13.2 Å². The molecule has 0 saturated carbocycles. The second-order valence-electron chi connectivity index (χ2n) is 5.24. The molecule has 0 radical (unpaired) electrons. The topological polar surface area (TPSA) is 98.6 Å². The first-order chi connectivity index (χ1) is 11.2. The van der Waals surface area contributed by atoms with Crippen molar-refractivity contribution in [2.24, 2.45) is 10.7 Å². The van der Waals surface area contributed by atoms with Gasteiger partial charge < -0.3 is 20.3 Å². The van der Waals surface area contributed by atoms with Crippen molar-refractivity contribution in [2.45, 2.75) is 25.5 Å². The molecule has 1 aliphatic rings. The summed E-state index contributed by atoms with van der Waals surface area (Å²) in [5, 5.41) is 7.62. The minimum absolute atomic E-state index is 0.212.